The number of pyridine rings is 1. The Hall–Kier alpha value is -2.34. The molecule has 0 spiro atoms. The predicted octanol–water partition coefficient (Wildman–Crippen LogP) is 4.30. The van der Waals surface area contributed by atoms with E-state index in [1.807, 2.05) is 43.3 Å². The first-order valence-electron chi connectivity index (χ1n) is 6.66. The van der Waals surface area contributed by atoms with Gasteiger partial charge in [-0.3, -0.25) is 0 Å². The quantitative estimate of drug-likeness (QED) is 0.880. The van der Waals surface area contributed by atoms with Crippen molar-refractivity contribution in [2.24, 2.45) is 0 Å². The summed E-state index contributed by atoms with van der Waals surface area (Å²) in [6.45, 7) is 8.36. The molecule has 1 aromatic heterocycles. The molecular weight excluding hydrogens is 246 g/mol. The number of hydrogen-bond donors (Lipinski definition) is 1. The summed E-state index contributed by atoms with van der Waals surface area (Å²) in [6, 6.07) is 13.9. The van der Waals surface area contributed by atoms with Crippen LogP contribution in [0.4, 0.5) is 11.5 Å². The predicted molar refractivity (Wildman–Crippen MR) is 82.1 cm³/mol. The topological polar surface area (TPSA) is 48.7 Å². The Morgan fingerprint density at radius 2 is 1.80 bits per heavy atom. The summed E-state index contributed by atoms with van der Waals surface area (Å²) in [5, 5.41) is 12.5. The Bertz CT molecular complexity index is 661. The molecule has 0 unspecified atom stereocenters. The maximum absolute atomic E-state index is 9.23. The number of aromatic nitrogens is 1. The third-order valence-corrected chi connectivity index (χ3v) is 3.18. The van der Waals surface area contributed by atoms with Gasteiger partial charge in [0.25, 0.3) is 0 Å². The Labute approximate surface area is 120 Å². The van der Waals surface area contributed by atoms with Gasteiger partial charge in [-0.05, 0) is 30.7 Å². The molecule has 0 amide bonds. The first-order valence-corrected chi connectivity index (χ1v) is 6.66. The highest BCUT2D eigenvalue weighted by Gasteiger charge is 2.17. The van der Waals surface area contributed by atoms with Crippen LogP contribution >= 0.6 is 0 Å². The molecule has 0 atom stereocenters. The van der Waals surface area contributed by atoms with Crippen molar-refractivity contribution < 1.29 is 0 Å². The SMILES string of the molecule is Cc1ccccc1Nc1nc(C(C)(C)C)ccc1C#N. The summed E-state index contributed by atoms with van der Waals surface area (Å²) < 4.78 is 0. The molecular formula is C17H19N3. The van der Waals surface area contributed by atoms with E-state index in [2.05, 4.69) is 37.1 Å². The van der Waals surface area contributed by atoms with E-state index in [4.69, 9.17) is 0 Å². The molecule has 0 fully saturated rings. The number of nitrogens with one attached hydrogen (secondary N) is 1. The van der Waals surface area contributed by atoms with Crippen molar-refractivity contribution in [1.82, 2.24) is 4.98 Å². The van der Waals surface area contributed by atoms with Crippen molar-refractivity contribution >= 4 is 11.5 Å². The molecule has 3 nitrogen and oxygen atoms in total. The van der Waals surface area contributed by atoms with E-state index in [9.17, 15) is 5.26 Å². The Morgan fingerprint density at radius 3 is 2.40 bits per heavy atom. The second-order valence-electron chi connectivity index (χ2n) is 5.89. The number of nitrogens with zero attached hydrogens (tertiary/aromatic N) is 2. The van der Waals surface area contributed by atoms with Gasteiger partial charge in [0.05, 0.1) is 5.56 Å². The maximum Gasteiger partial charge on any atom is 0.148 e. The summed E-state index contributed by atoms with van der Waals surface area (Å²) in [5.41, 5.74) is 3.58. The van der Waals surface area contributed by atoms with E-state index < -0.39 is 0 Å². The molecule has 1 N–H and O–H groups in total. The van der Waals surface area contributed by atoms with Gasteiger partial charge in [0, 0.05) is 16.8 Å². The summed E-state index contributed by atoms with van der Waals surface area (Å²) in [4.78, 5) is 4.62. The first kappa shape index (κ1) is 14.1. The average molecular weight is 265 g/mol. The van der Waals surface area contributed by atoms with E-state index in [1.165, 1.54) is 0 Å². The van der Waals surface area contributed by atoms with Crippen LogP contribution in [0.25, 0.3) is 0 Å². The molecule has 102 valence electrons. The van der Waals surface area contributed by atoms with Crippen LogP contribution < -0.4 is 5.32 Å². The molecule has 20 heavy (non-hydrogen) atoms. The van der Waals surface area contributed by atoms with Crippen LogP contribution in [0.5, 0.6) is 0 Å². The van der Waals surface area contributed by atoms with Gasteiger partial charge in [-0.2, -0.15) is 5.26 Å². The molecule has 0 aliphatic carbocycles. The van der Waals surface area contributed by atoms with E-state index in [0.717, 1.165) is 16.9 Å². The summed E-state index contributed by atoms with van der Waals surface area (Å²) in [5.74, 6) is 0.620. The molecule has 2 rings (SSSR count). The highest BCUT2D eigenvalue weighted by Crippen LogP contribution is 2.26. The van der Waals surface area contributed by atoms with Gasteiger partial charge in [0.1, 0.15) is 11.9 Å². The van der Waals surface area contributed by atoms with Gasteiger partial charge in [-0.15, -0.1) is 0 Å². The zero-order valence-corrected chi connectivity index (χ0v) is 12.4. The van der Waals surface area contributed by atoms with Crippen LogP contribution in [0, 0.1) is 18.3 Å². The molecule has 0 saturated carbocycles. The van der Waals surface area contributed by atoms with Crippen molar-refractivity contribution in [2.45, 2.75) is 33.1 Å². The molecule has 2 aromatic rings. The van der Waals surface area contributed by atoms with Crippen molar-refractivity contribution in [3.8, 4) is 6.07 Å². The normalized spacial score (nSPS) is 10.9. The Kier molecular flexibility index (Phi) is 3.76. The zero-order chi connectivity index (χ0) is 14.8. The lowest BCUT2D eigenvalue weighted by Crippen LogP contribution is -2.14. The van der Waals surface area contributed by atoms with Crippen molar-refractivity contribution in [1.29, 1.82) is 5.26 Å². The minimum atomic E-state index is -0.0455. The molecule has 0 bridgehead atoms. The van der Waals surface area contributed by atoms with Crippen LogP contribution in [0.15, 0.2) is 36.4 Å². The van der Waals surface area contributed by atoms with Crippen LogP contribution in [0.2, 0.25) is 0 Å². The molecule has 0 radical (unpaired) electrons. The van der Waals surface area contributed by atoms with Crippen molar-refractivity contribution in [3.63, 3.8) is 0 Å². The standard InChI is InChI=1S/C17H19N3/c1-12-7-5-6-8-14(12)19-16-13(11-18)9-10-15(20-16)17(2,3)4/h5-10H,1-4H3,(H,19,20). The van der Waals surface area contributed by atoms with Crippen molar-refractivity contribution in [2.75, 3.05) is 5.32 Å². The van der Waals surface area contributed by atoms with Gasteiger partial charge in [0.15, 0.2) is 0 Å². The van der Waals surface area contributed by atoms with E-state index in [-0.39, 0.29) is 5.41 Å². The molecule has 0 saturated heterocycles. The minimum Gasteiger partial charge on any atom is -0.339 e. The smallest absolute Gasteiger partial charge is 0.148 e. The van der Waals surface area contributed by atoms with Crippen molar-refractivity contribution in [3.05, 3.63) is 53.2 Å². The summed E-state index contributed by atoms with van der Waals surface area (Å²) in [6.07, 6.45) is 0. The molecule has 1 aromatic carbocycles. The maximum atomic E-state index is 9.23. The number of benzene rings is 1. The summed E-state index contributed by atoms with van der Waals surface area (Å²) in [7, 11) is 0. The average Bonchev–Trinajstić information content (AvgIpc) is 2.40. The zero-order valence-electron chi connectivity index (χ0n) is 12.4. The largest absolute Gasteiger partial charge is 0.339 e. The van der Waals surface area contributed by atoms with Crippen LogP contribution in [-0.4, -0.2) is 4.98 Å². The number of rotatable bonds is 2. The molecule has 3 heteroatoms. The highest BCUT2D eigenvalue weighted by molar-refractivity contribution is 5.65. The summed E-state index contributed by atoms with van der Waals surface area (Å²) >= 11 is 0. The fourth-order valence-electron chi connectivity index (χ4n) is 1.90. The van der Waals surface area contributed by atoms with E-state index >= 15 is 0 Å². The number of nitriles is 1. The molecule has 0 aliphatic heterocycles. The third kappa shape index (κ3) is 2.97. The third-order valence-electron chi connectivity index (χ3n) is 3.18. The van der Waals surface area contributed by atoms with E-state index in [1.54, 1.807) is 0 Å². The fourth-order valence-corrected chi connectivity index (χ4v) is 1.90. The van der Waals surface area contributed by atoms with E-state index in [0.29, 0.717) is 11.4 Å². The van der Waals surface area contributed by atoms with Crippen LogP contribution in [0.3, 0.4) is 0 Å². The lowest BCUT2D eigenvalue weighted by Gasteiger charge is -2.19. The van der Waals surface area contributed by atoms with Gasteiger partial charge in [-0.1, -0.05) is 39.0 Å². The molecule has 1 heterocycles. The second-order valence-corrected chi connectivity index (χ2v) is 5.89. The highest BCUT2D eigenvalue weighted by atomic mass is 15.0. The van der Waals surface area contributed by atoms with Gasteiger partial charge in [-0.25, -0.2) is 4.98 Å². The number of aryl methyl sites for hydroxylation is 1. The first-order chi connectivity index (χ1) is 9.41. The molecule has 0 aliphatic rings. The Morgan fingerprint density at radius 1 is 1.10 bits per heavy atom. The number of hydrogen-bond acceptors (Lipinski definition) is 3. The lowest BCUT2D eigenvalue weighted by molar-refractivity contribution is 0.570. The van der Waals surface area contributed by atoms with Crippen LogP contribution in [-0.2, 0) is 5.41 Å². The van der Waals surface area contributed by atoms with Crippen LogP contribution in [0.1, 0.15) is 37.6 Å². The lowest BCUT2D eigenvalue weighted by atomic mass is 9.91. The number of anilines is 2. The fraction of sp³-hybridized carbons (Fsp3) is 0.294. The Balaban J connectivity index is 2.45. The van der Waals surface area contributed by atoms with Gasteiger partial charge >= 0.3 is 0 Å². The number of para-hydroxylation sites is 1. The van der Waals surface area contributed by atoms with Gasteiger partial charge < -0.3 is 5.32 Å². The van der Waals surface area contributed by atoms with Gasteiger partial charge in [0.2, 0.25) is 0 Å². The monoisotopic (exact) mass is 265 g/mol. The second kappa shape index (κ2) is 5.34. The minimum absolute atomic E-state index is 0.0455.